The van der Waals surface area contributed by atoms with E-state index in [1.165, 1.54) is 0 Å². The smallest absolute Gasteiger partial charge is 0.234 e. The average molecular weight is 329 g/mol. The summed E-state index contributed by atoms with van der Waals surface area (Å²) in [5, 5.41) is 3.17. The predicted molar refractivity (Wildman–Crippen MR) is 94.2 cm³/mol. The number of likely N-dealkylation sites (N-methyl/N-ethyl adjacent to an activating group) is 1. The Balaban J connectivity index is 1.90. The molecule has 1 atom stereocenters. The lowest BCUT2D eigenvalue weighted by Gasteiger charge is -2.32. The SMILES string of the molecule is CN(CC(=O)N[C@H](Cn1ccnc1)C(C)(C)C)Cc1cccnc1. The van der Waals surface area contributed by atoms with Gasteiger partial charge in [-0.1, -0.05) is 26.8 Å². The Hall–Kier alpha value is -2.21. The minimum Gasteiger partial charge on any atom is -0.350 e. The second-order valence-electron chi connectivity index (χ2n) is 7.28. The van der Waals surface area contributed by atoms with Crippen molar-refractivity contribution in [2.45, 2.75) is 39.9 Å². The number of carbonyl (C=O) groups excluding carboxylic acids is 1. The standard InChI is InChI=1S/C18H27N5O/c1-18(2,3)16(12-23-9-8-20-14-23)21-17(24)13-22(4)11-15-6-5-7-19-10-15/h5-10,14,16H,11-13H2,1-4H3,(H,21,24)/t16-/m1/s1. The van der Waals surface area contributed by atoms with Crippen LogP contribution >= 0.6 is 0 Å². The third-order valence-corrected chi connectivity index (χ3v) is 3.92. The molecule has 0 aliphatic heterocycles. The molecular weight excluding hydrogens is 302 g/mol. The van der Waals surface area contributed by atoms with E-state index in [-0.39, 0.29) is 17.4 Å². The summed E-state index contributed by atoms with van der Waals surface area (Å²) in [6.07, 6.45) is 9.02. The van der Waals surface area contributed by atoms with Gasteiger partial charge in [0.1, 0.15) is 0 Å². The van der Waals surface area contributed by atoms with Crippen LogP contribution in [0.3, 0.4) is 0 Å². The second-order valence-corrected chi connectivity index (χ2v) is 7.28. The summed E-state index contributed by atoms with van der Waals surface area (Å²) in [5.41, 5.74) is 1.06. The molecule has 6 heteroatoms. The van der Waals surface area contributed by atoms with Crippen LogP contribution in [0.15, 0.2) is 43.2 Å². The fourth-order valence-corrected chi connectivity index (χ4v) is 2.49. The first kappa shape index (κ1) is 18.1. The van der Waals surface area contributed by atoms with Crippen molar-refractivity contribution in [3.63, 3.8) is 0 Å². The zero-order valence-corrected chi connectivity index (χ0v) is 14.9. The number of nitrogens with zero attached hydrogens (tertiary/aromatic N) is 4. The molecule has 1 N–H and O–H groups in total. The van der Waals surface area contributed by atoms with Crippen LogP contribution in [0.4, 0.5) is 0 Å². The molecule has 0 aromatic carbocycles. The number of carbonyl (C=O) groups is 1. The summed E-state index contributed by atoms with van der Waals surface area (Å²) in [4.78, 5) is 22.6. The zero-order valence-electron chi connectivity index (χ0n) is 14.9. The van der Waals surface area contributed by atoms with Gasteiger partial charge in [-0.05, 0) is 24.1 Å². The summed E-state index contributed by atoms with van der Waals surface area (Å²) < 4.78 is 2.00. The number of imidazole rings is 1. The predicted octanol–water partition coefficient (Wildman–Crippen LogP) is 1.94. The third kappa shape index (κ3) is 5.77. The molecule has 2 aromatic rings. The molecule has 0 saturated heterocycles. The molecule has 130 valence electrons. The van der Waals surface area contributed by atoms with E-state index in [1.807, 2.05) is 41.0 Å². The summed E-state index contributed by atoms with van der Waals surface area (Å²) in [6.45, 7) is 8.16. The van der Waals surface area contributed by atoms with E-state index in [0.717, 1.165) is 5.56 Å². The Kier molecular flexibility index (Phi) is 6.09. The van der Waals surface area contributed by atoms with E-state index in [2.05, 4.69) is 36.1 Å². The highest BCUT2D eigenvalue weighted by molar-refractivity contribution is 5.78. The molecule has 0 saturated carbocycles. The van der Waals surface area contributed by atoms with Crippen molar-refractivity contribution in [1.29, 1.82) is 0 Å². The van der Waals surface area contributed by atoms with Crippen molar-refractivity contribution in [2.24, 2.45) is 5.41 Å². The molecule has 1 amide bonds. The monoisotopic (exact) mass is 329 g/mol. The first-order valence-corrected chi connectivity index (χ1v) is 8.17. The van der Waals surface area contributed by atoms with Gasteiger partial charge in [-0.2, -0.15) is 0 Å². The highest BCUT2D eigenvalue weighted by atomic mass is 16.2. The molecule has 0 radical (unpaired) electrons. The van der Waals surface area contributed by atoms with Gasteiger partial charge >= 0.3 is 0 Å². The van der Waals surface area contributed by atoms with Crippen molar-refractivity contribution in [3.8, 4) is 0 Å². The largest absolute Gasteiger partial charge is 0.350 e. The quantitative estimate of drug-likeness (QED) is 0.843. The van der Waals surface area contributed by atoms with Crippen LogP contribution in [0.2, 0.25) is 0 Å². The van der Waals surface area contributed by atoms with Gasteiger partial charge in [0.15, 0.2) is 0 Å². The van der Waals surface area contributed by atoms with Crippen molar-refractivity contribution in [1.82, 2.24) is 24.8 Å². The van der Waals surface area contributed by atoms with E-state index in [9.17, 15) is 4.79 Å². The van der Waals surface area contributed by atoms with Gasteiger partial charge in [0, 0.05) is 37.9 Å². The number of rotatable bonds is 7. The van der Waals surface area contributed by atoms with E-state index in [4.69, 9.17) is 0 Å². The zero-order chi connectivity index (χ0) is 17.6. The number of hydrogen-bond acceptors (Lipinski definition) is 4. The molecule has 0 spiro atoms. The molecule has 6 nitrogen and oxygen atoms in total. The van der Waals surface area contributed by atoms with Gasteiger partial charge in [-0.3, -0.25) is 14.7 Å². The lowest BCUT2D eigenvalue weighted by atomic mass is 9.86. The normalized spacial score (nSPS) is 13.0. The van der Waals surface area contributed by atoms with E-state index >= 15 is 0 Å². The minimum absolute atomic E-state index is 0.0291. The molecule has 0 aliphatic rings. The van der Waals surface area contributed by atoms with Crippen molar-refractivity contribution in [2.75, 3.05) is 13.6 Å². The van der Waals surface area contributed by atoms with Crippen LogP contribution in [-0.2, 0) is 17.9 Å². The van der Waals surface area contributed by atoms with Crippen LogP contribution in [-0.4, -0.2) is 45.0 Å². The Labute approximate surface area is 143 Å². The summed E-state index contributed by atoms with van der Waals surface area (Å²) >= 11 is 0. The summed E-state index contributed by atoms with van der Waals surface area (Å²) in [7, 11) is 1.94. The molecule has 0 bridgehead atoms. The molecule has 0 aliphatic carbocycles. The van der Waals surface area contributed by atoms with Gasteiger partial charge in [0.25, 0.3) is 0 Å². The number of pyridine rings is 1. The average Bonchev–Trinajstić information content (AvgIpc) is 2.99. The molecule has 2 rings (SSSR count). The third-order valence-electron chi connectivity index (χ3n) is 3.92. The number of nitrogens with one attached hydrogen (secondary N) is 1. The lowest BCUT2D eigenvalue weighted by molar-refractivity contribution is -0.123. The fourth-order valence-electron chi connectivity index (χ4n) is 2.49. The van der Waals surface area contributed by atoms with E-state index in [1.54, 1.807) is 18.7 Å². The summed E-state index contributed by atoms with van der Waals surface area (Å²) in [5.74, 6) is 0.0291. The maximum Gasteiger partial charge on any atom is 0.234 e. The Bertz CT molecular complexity index is 619. The van der Waals surface area contributed by atoms with Crippen molar-refractivity contribution >= 4 is 5.91 Å². The van der Waals surface area contributed by atoms with E-state index in [0.29, 0.717) is 19.6 Å². The van der Waals surface area contributed by atoms with Gasteiger partial charge in [-0.25, -0.2) is 4.98 Å². The number of aromatic nitrogens is 3. The van der Waals surface area contributed by atoms with Gasteiger partial charge in [0.05, 0.1) is 18.9 Å². The van der Waals surface area contributed by atoms with Crippen LogP contribution in [0.1, 0.15) is 26.3 Å². The van der Waals surface area contributed by atoms with Crippen molar-refractivity contribution in [3.05, 3.63) is 48.8 Å². The molecule has 2 heterocycles. The van der Waals surface area contributed by atoms with Gasteiger partial charge in [0.2, 0.25) is 5.91 Å². The fraction of sp³-hybridized carbons (Fsp3) is 0.500. The Morgan fingerprint density at radius 3 is 2.71 bits per heavy atom. The molecule has 0 unspecified atom stereocenters. The second kappa shape index (κ2) is 8.06. The number of amides is 1. The van der Waals surface area contributed by atoms with Crippen molar-refractivity contribution < 1.29 is 4.79 Å². The highest BCUT2D eigenvalue weighted by Crippen LogP contribution is 2.20. The van der Waals surface area contributed by atoms with Crippen LogP contribution in [0, 0.1) is 5.41 Å². The maximum atomic E-state index is 12.4. The molecule has 2 aromatic heterocycles. The first-order valence-electron chi connectivity index (χ1n) is 8.17. The van der Waals surface area contributed by atoms with E-state index < -0.39 is 0 Å². The molecule has 0 fully saturated rings. The van der Waals surface area contributed by atoms with Gasteiger partial charge < -0.3 is 9.88 Å². The minimum atomic E-state index is -0.0398. The topological polar surface area (TPSA) is 63.1 Å². The van der Waals surface area contributed by atoms with Crippen LogP contribution in [0.25, 0.3) is 0 Å². The van der Waals surface area contributed by atoms with Gasteiger partial charge in [-0.15, -0.1) is 0 Å². The Morgan fingerprint density at radius 1 is 1.33 bits per heavy atom. The molecular formula is C18H27N5O. The first-order chi connectivity index (χ1) is 11.3. The highest BCUT2D eigenvalue weighted by Gasteiger charge is 2.26. The Morgan fingerprint density at radius 2 is 2.12 bits per heavy atom. The van der Waals surface area contributed by atoms with Crippen LogP contribution in [0.5, 0.6) is 0 Å². The lowest BCUT2D eigenvalue weighted by Crippen LogP contribution is -2.49. The maximum absolute atomic E-state index is 12.4. The summed E-state index contributed by atoms with van der Waals surface area (Å²) in [6, 6.07) is 3.95. The van der Waals surface area contributed by atoms with Crippen LogP contribution < -0.4 is 5.32 Å². The number of hydrogen-bond donors (Lipinski definition) is 1. The molecule has 24 heavy (non-hydrogen) atoms.